The summed E-state index contributed by atoms with van der Waals surface area (Å²) in [6, 6.07) is 7.26. The molecule has 17 heavy (non-hydrogen) atoms. The van der Waals surface area contributed by atoms with Crippen LogP contribution in [0.4, 0.5) is 0 Å². The second-order valence-corrected chi connectivity index (χ2v) is 4.90. The van der Waals surface area contributed by atoms with Gasteiger partial charge in [0.1, 0.15) is 5.75 Å². The topological polar surface area (TPSA) is 46.5 Å². The summed E-state index contributed by atoms with van der Waals surface area (Å²) in [6.45, 7) is 0. The van der Waals surface area contributed by atoms with Crippen LogP contribution in [0.5, 0.6) is 5.75 Å². The van der Waals surface area contributed by atoms with Crippen molar-refractivity contribution in [1.82, 2.24) is 0 Å². The molecule has 4 heteroatoms. The average molecular weight is 254 g/mol. The summed E-state index contributed by atoms with van der Waals surface area (Å²) >= 11 is 1.72. The zero-order valence-corrected chi connectivity index (χ0v) is 10.8. The quantitative estimate of drug-likeness (QED) is 0.461. The standard InChI is InChI=1S/C13H18O3S/c1-16-13(15)8-3-2-4-9-17-12-7-5-6-11(14)10-12/h5-7,10,14H,2-4,8-9H2,1H3. The molecule has 94 valence electrons. The molecule has 0 spiro atoms. The van der Waals surface area contributed by atoms with Crippen molar-refractivity contribution in [3.8, 4) is 5.75 Å². The molecule has 1 aromatic rings. The predicted octanol–water partition coefficient (Wildman–Crippen LogP) is 3.22. The molecule has 3 nitrogen and oxygen atoms in total. The van der Waals surface area contributed by atoms with Gasteiger partial charge in [0, 0.05) is 11.3 Å². The van der Waals surface area contributed by atoms with E-state index in [9.17, 15) is 9.90 Å². The van der Waals surface area contributed by atoms with Gasteiger partial charge in [-0.05, 0) is 36.8 Å². The van der Waals surface area contributed by atoms with Crippen LogP contribution < -0.4 is 0 Å². The molecular formula is C13H18O3S. The van der Waals surface area contributed by atoms with Crippen LogP contribution in [0.25, 0.3) is 0 Å². The maximum absolute atomic E-state index is 10.8. The number of unbranched alkanes of at least 4 members (excludes halogenated alkanes) is 2. The highest BCUT2D eigenvalue weighted by atomic mass is 32.2. The van der Waals surface area contributed by atoms with Crippen molar-refractivity contribution in [3.63, 3.8) is 0 Å². The van der Waals surface area contributed by atoms with E-state index in [1.165, 1.54) is 7.11 Å². The minimum atomic E-state index is -0.134. The van der Waals surface area contributed by atoms with Crippen LogP contribution in [0.2, 0.25) is 0 Å². The normalized spacial score (nSPS) is 10.2. The molecule has 0 heterocycles. The summed E-state index contributed by atoms with van der Waals surface area (Å²) in [5.41, 5.74) is 0. The molecule has 0 aliphatic rings. The molecule has 0 aliphatic heterocycles. The summed E-state index contributed by atoms with van der Waals surface area (Å²) in [6.07, 6.45) is 3.48. The number of esters is 1. The van der Waals surface area contributed by atoms with E-state index in [-0.39, 0.29) is 5.97 Å². The molecule has 0 amide bonds. The Bertz CT molecular complexity index is 352. The molecule has 0 bridgehead atoms. The zero-order chi connectivity index (χ0) is 12.5. The fraction of sp³-hybridized carbons (Fsp3) is 0.462. The predicted molar refractivity (Wildman–Crippen MR) is 69.3 cm³/mol. The Morgan fingerprint density at radius 1 is 1.35 bits per heavy atom. The van der Waals surface area contributed by atoms with E-state index in [0.717, 1.165) is 29.9 Å². The maximum Gasteiger partial charge on any atom is 0.305 e. The number of aromatic hydroxyl groups is 1. The van der Waals surface area contributed by atoms with E-state index in [4.69, 9.17) is 0 Å². The van der Waals surface area contributed by atoms with Crippen LogP contribution in [-0.2, 0) is 9.53 Å². The van der Waals surface area contributed by atoms with E-state index in [1.54, 1.807) is 23.9 Å². The number of phenols is 1. The van der Waals surface area contributed by atoms with E-state index < -0.39 is 0 Å². The van der Waals surface area contributed by atoms with Crippen LogP contribution >= 0.6 is 11.8 Å². The molecule has 0 saturated carbocycles. The van der Waals surface area contributed by atoms with Gasteiger partial charge in [-0.1, -0.05) is 12.5 Å². The lowest BCUT2D eigenvalue weighted by molar-refractivity contribution is -0.140. The molecule has 0 saturated heterocycles. The minimum Gasteiger partial charge on any atom is -0.508 e. The van der Waals surface area contributed by atoms with Crippen molar-refractivity contribution in [2.24, 2.45) is 0 Å². The molecule has 0 aliphatic carbocycles. The van der Waals surface area contributed by atoms with Crippen molar-refractivity contribution >= 4 is 17.7 Å². The van der Waals surface area contributed by atoms with Crippen molar-refractivity contribution in [3.05, 3.63) is 24.3 Å². The number of thioether (sulfide) groups is 1. The van der Waals surface area contributed by atoms with Crippen molar-refractivity contribution in [1.29, 1.82) is 0 Å². The highest BCUT2D eigenvalue weighted by Crippen LogP contribution is 2.23. The van der Waals surface area contributed by atoms with Gasteiger partial charge in [0.05, 0.1) is 7.11 Å². The Morgan fingerprint density at radius 3 is 2.88 bits per heavy atom. The number of rotatable bonds is 7. The maximum atomic E-state index is 10.8. The van der Waals surface area contributed by atoms with Gasteiger partial charge in [0.15, 0.2) is 0 Å². The molecule has 0 fully saturated rings. The van der Waals surface area contributed by atoms with Crippen LogP contribution in [0.3, 0.4) is 0 Å². The fourth-order valence-corrected chi connectivity index (χ4v) is 2.38. The van der Waals surface area contributed by atoms with Crippen LogP contribution in [0, 0.1) is 0 Å². The number of phenolic OH excluding ortho intramolecular Hbond substituents is 1. The molecule has 1 N–H and O–H groups in total. The second kappa shape index (κ2) is 8.01. The average Bonchev–Trinajstić information content (AvgIpc) is 2.33. The van der Waals surface area contributed by atoms with Gasteiger partial charge in [0.25, 0.3) is 0 Å². The SMILES string of the molecule is COC(=O)CCCCCSc1cccc(O)c1. The Hall–Kier alpha value is -1.16. The molecule has 0 radical (unpaired) electrons. The van der Waals surface area contributed by atoms with Crippen molar-refractivity contribution < 1.29 is 14.6 Å². The van der Waals surface area contributed by atoms with Crippen LogP contribution in [-0.4, -0.2) is 23.9 Å². The van der Waals surface area contributed by atoms with E-state index in [1.807, 2.05) is 12.1 Å². The first kappa shape index (κ1) is 13.9. The van der Waals surface area contributed by atoms with Crippen molar-refractivity contribution in [2.75, 3.05) is 12.9 Å². The molecule has 1 aromatic carbocycles. The lowest BCUT2D eigenvalue weighted by Crippen LogP contribution is -1.99. The second-order valence-electron chi connectivity index (χ2n) is 3.73. The Labute approximate surface area is 106 Å². The van der Waals surface area contributed by atoms with Gasteiger partial charge >= 0.3 is 5.97 Å². The highest BCUT2D eigenvalue weighted by Gasteiger charge is 2.00. The molecule has 0 aromatic heterocycles. The van der Waals surface area contributed by atoms with E-state index in [2.05, 4.69) is 4.74 Å². The summed E-state index contributed by atoms with van der Waals surface area (Å²) in [5.74, 6) is 1.18. The third-order valence-electron chi connectivity index (χ3n) is 2.34. The minimum absolute atomic E-state index is 0.134. The largest absolute Gasteiger partial charge is 0.508 e. The number of benzene rings is 1. The van der Waals surface area contributed by atoms with Gasteiger partial charge in [0.2, 0.25) is 0 Å². The third kappa shape index (κ3) is 6.22. The van der Waals surface area contributed by atoms with Gasteiger partial charge in [-0.15, -0.1) is 11.8 Å². The summed E-state index contributed by atoms with van der Waals surface area (Å²) < 4.78 is 4.57. The smallest absolute Gasteiger partial charge is 0.305 e. The summed E-state index contributed by atoms with van der Waals surface area (Å²) in [5, 5.41) is 9.28. The third-order valence-corrected chi connectivity index (χ3v) is 3.42. The highest BCUT2D eigenvalue weighted by molar-refractivity contribution is 7.99. The summed E-state index contributed by atoms with van der Waals surface area (Å²) in [7, 11) is 1.42. The van der Waals surface area contributed by atoms with Gasteiger partial charge in [-0.2, -0.15) is 0 Å². The first-order chi connectivity index (χ1) is 8.22. The lowest BCUT2D eigenvalue weighted by Gasteiger charge is -2.02. The first-order valence-corrected chi connectivity index (χ1v) is 6.69. The zero-order valence-electron chi connectivity index (χ0n) is 10.0. The molecule has 0 atom stereocenters. The number of carbonyl (C=O) groups is 1. The van der Waals surface area contributed by atoms with Crippen molar-refractivity contribution in [2.45, 2.75) is 30.6 Å². The monoisotopic (exact) mass is 254 g/mol. The van der Waals surface area contributed by atoms with Gasteiger partial charge < -0.3 is 9.84 Å². The van der Waals surface area contributed by atoms with Crippen LogP contribution in [0.15, 0.2) is 29.2 Å². The van der Waals surface area contributed by atoms with Gasteiger partial charge in [-0.25, -0.2) is 0 Å². The Morgan fingerprint density at radius 2 is 2.18 bits per heavy atom. The summed E-state index contributed by atoms with van der Waals surface area (Å²) in [4.78, 5) is 11.9. The van der Waals surface area contributed by atoms with Gasteiger partial charge in [-0.3, -0.25) is 4.79 Å². The Kier molecular flexibility index (Phi) is 6.55. The Balaban J connectivity index is 2.06. The number of hydrogen-bond donors (Lipinski definition) is 1. The number of hydrogen-bond acceptors (Lipinski definition) is 4. The fourth-order valence-electron chi connectivity index (χ4n) is 1.41. The first-order valence-electron chi connectivity index (χ1n) is 5.71. The molecule has 1 rings (SSSR count). The van der Waals surface area contributed by atoms with E-state index in [0.29, 0.717) is 12.2 Å². The number of ether oxygens (including phenoxy) is 1. The van der Waals surface area contributed by atoms with E-state index >= 15 is 0 Å². The van der Waals surface area contributed by atoms with Crippen LogP contribution in [0.1, 0.15) is 25.7 Å². The number of carbonyl (C=O) groups excluding carboxylic acids is 1. The molecule has 0 unspecified atom stereocenters. The number of methoxy groups -OCH3 is 1. The molecular weight excluding hydrogens is 236 g/mol. The lowest BCUT2D eigenvalue weighted by atomic mass is 10.2.